The molecular weight excluding hydrogens is 268 g/mol. The molecule has 1 heterocycles. The number of carbonyl (C=O) groups excluding carboxylic acids is 2. The Kier molecular flexibility index (Phi) is 6.03. The van der Waals surface area contributed by atoms with E-state index in [2.05, 4.69) is 0 Å². The van der Waals surface area contributed by atoms with Crippen LogP contribution in [0.25, 0.3) is 0 Å². The summed E-state index contributed by atoms with van der Waals surface area (Å²) in [5.74, 6) is 0.887. The summed E-state index contributed by atoms with van der Waals surface area (Å²) in [6, 6.07) is 0. The van der Waals surface area contributed by atoms with Gasteiger partial charge in [0.2, 0.25) is 11.8 Å². The number of carbonyl (C=O) groups is 2. The van der Waals surface area contributed by atoms with Gasteiger partial charge in [0.1, 0.15) is 0 Å². The van der Waals surface area contributed by atoms with Gasteiger partial charge in [-0.1, -0.05) is 0 Å². The highest BCUT2D eigenvalue weighted by Crippen LogP contribution is 2.32. The largest absolute Gasteiger partial charge is 0.396 e. The highest BCUT2D eigenvalue weighted by atomic mass is 16.3. The molecule has 0 atom stereocenters. The van der Waals surface area contributed by atoms with E-state index in [0.717, 1.165) is 64.6 Å². The Morgan fingerprint density at radius 2 is 1.71 bits per heavy atom. The van der Waals surface area contributed by atoms with Crippen LogP contribution in [-0.4, -0.2) is 60.0 Å². The molecule has 2 aliphatic rings. The Hall–Kier alpha value is -1.10. The zero-order chi connectivity index (χ0) is 15.2. The van der Waals surface area contributed by atoms with Crippen molar-refractivity contribution < 1.29 is 14.7 Å². The molecule has 2 fully saturated rings. The first-order valence-corrected chi connectivity index (χ1v) is 8.28. The molecule has 0 spiro atoms. The van der Waals surface area contributed by atoms with E-state index < -0.39 is 0 Å². The molecule has 0 aromatic heterocycles. The third kappa shape index (κ3) is 4.70. The van der Waals surface area contributed by atoms with Crippen LogP contribution in [0.4, 0.5) is 0 Å². The summed E-state index contributed by atoms with van der Waals surface area (Å²) in [5, 5.41) is 8.74. The number of unbranched alkanes of at least 4 members (excludes halogenated alkanes) is 2. The Morgan fingerprint density at radius 3 is 2.29 bits per heavy atom. The zero-order valence-electron chi connectivity index (χ0n) is 13.1. The minimum absolute atomic E-state index is 0.0797. The van der Waals surface area contributed by atoms with E-state index in [1.807, 2.05) is 16.8 Å². The van der Waals surface area contributed by atoms with Gasteiger partial charge in [-0.15, -0.1) is 0 Å². The normalized spacial score (nSPS) is 19.6. The lowest BCUT2D eigenvalue weighted by Gasteiger charge is -2.33. The van der Waals surface area contributed by atoms with Crippen molar-refractivity contribution in [2.75, 3.05) is 33.3 Å². The fourth-order valence-electron chi connectivity index (χ4n) is 2.99. The molecule has 0 radical (unpaired) electrons. The number of aliphatic hydroxyl groups excluding tert-OH is 1. The van der Waals surface area contributed by atoms with E-state index in [0.29, 0.717) is 5.91 Å². The molecule has 1 aliphatic heterocycles. The molecule has 0 aromatic carbocycles. The molecular formula is C16H28N2O3. The number of hydrogen-bond donors (Lipinski definition) is 1. The number of nitrogens with zero attached hydrogens (tertiary/aromatic N) is 2. The molecule has 1 N–H and O–H groups in total. The number of aliphatic hydroxyl groups is 1. The predicted octanol–water partition coefficient (Wildman–Crippen LogP) is 1.26. The first kappa shape index (κ1) is 16.3. The van der Waals surface area contributed by atoms with Gasteiger partial charge in [-0.05, 0) is 44.9 Å². The second-order valence-corrected chi connectivity index (χ2v) is 6.42. The summed E-state index contributed by atoms with van der Waals surface area (Å²) in [6.07, 6.45) is 6.42. The summed E-state index contributed by atoms with van der Waals surface area (Å²) >= 11 is 0. The molecule has 1 aliphatic carbocycles. The summed E-state index contributed by atoms with van der Waals surface area (Å²) < 4.78 is 0. The average molecular weight is 296 g/mol. The molecule has 0 aromatic rings. The Labute approximate surface area is 127 Å². The maximum Gasteiger partial charge on any atom is 0.225 e. The molecule has 5 heteroatoms. The van der Waals surface area contributed by atoms with Crippen LogP contribution >= 0.6 is 0 Å². The van der Waals surface area contributed by atoms with Crippen LogP contribution in [0.2, 0.25) is 0 Å². The second kappa shape index (κ2) is 7.78. The van der Waals surface area contributed by atoms with Crippen LogP contribution in [0, 0.1) is 11.8 Å². The van der Waals surface area contributed by atoms with Crippen molar-refractivity contribution in [1.82, 2.24) is 9.80 Å². The standard InChI is InChI=1S/C16H28N2O3/c1-17(9-3-2-4-12-19)15(20)14-7-10-18(11-8-14)16(21)13-5-6-13/h13-14,19H,2-12H2,1H3. The Morgan fingerprint density at radius 1 is 1.05 bits per heavy atom. The zero-order valence-corrected chi connectivity index (χ0v) is 13.1. The van der Waals surface area contributed by atoms with E-state index in [9.17, 15) is 9.59 Å². The Balaban J connectivity index is 1.68. The van der Waals surface area contributed by atoms with Gasteiger partial charge in [0.15, 0.2) is 0 Å². The first-order valence-electron chi connectivity index (χ1n) is 8.28. The number of likely N-dealkylation sites (tertiary alicyclic amines) is 1. The highest BCUT2D eigenvalue weighted by Gasteiger charge is 2.36. The summed E-state index contributed by atoms with van der Waals surface area (Å²) in [5.41, 5.74) is 0. The van der Waals surface area contributed by atoms with E-state index in [1.165, 1.54) is 0 Å². The fourth-order valence-corrected chi connectivity index (χ4v) is 2.99. The van der Waals surface area contributed by atoms with Gasteiger partial charge < -0.3 is 14.9 Å². The van der Waals surface area contributed by atoms with E-state index in [-0.39, 0.29) is 24.3 Å². The summed E-state index contributed by atoms with van der Waals surface area (Å²) in [6.45, 7) is 2.47. The van der Waals surface area contributed by atoms with Crippen LogP contribution in [-0.2, 0) is 9.59 Å². The quantitative estimate of drug-likeness (QED) is 0.719. The number of rotatable bonds is 7. The van der Waals surface area contributed by atoms with Crippen LogP contribution in [0.15, 0.2) is 0 Å². The fraction of sp³-hybridized carbons (Fsp3) is 0.875. The van der Waals surface area contributed by atoms with Crippen molar-refractivity contribution in [2.24, 2.45) is 11.8 Å². The molecule has 0 bridgehead atoms. The molecule has 21 heavy (non-hydrogen) atoms. The van der Waals surface area contributed by atoms with Gasteiger partial charge in [0.25, 0.3) is 0 Å². The van der Waals surface area contributed by atoms with Crippen molar-refractivity contribution >= 4 is 11.8 Å². The lowest BCUT2D eigenvalue weighted by Crippen LogP contribution is -2.44. The van der Waals surface area contributed by atoms with Gasteiger partial charge >= 0.3 is 0 Å². The van der Waals surface area contributed by atoms with Crippen molar-refractivity contribution in [3.8, 4) is 0 Å². The van der Waals surface area contributed by atoms with Gasteiger partial charge in [0.05, 0.1) is 0 Å². The third-order valence-electron chi connectivity index (χ3n) is 4.61. The monoisotopic (exact) mass is 296 g/mol. The SMILES string of the molecule is CN(CCCCCO)C(=O)C1CCN(C(=O)C2CC2)CC1. The number of amides is 2. The van der Waals surface area contributed by atoms with Crippen LogP contribution in [0.5, 0.6) is 0 Å². The summed E-state index contributed by atoms with van der Waals surface area (Å²) in [4.78, 5) is 28.1. The lowest BCUT2D eigenvalue weighted by atomic mass is 9.95. The van der Waals surface area contributed by atoms with Crippen molar-refractivity contribution in [3.63, 3.8) is 0 Å². The van der Waals surface area contributed by atoms with Crippen LogP contribution < -0.4 is 0 Å². The van der Waals surface area contributed by atoms with Crippen LogP contribution in [0.1, 0.15) is 44.9 Å². The second-order valence-electron chi connectivity index (χ2n) is 6.42. The molecule has 2 amide bonds. The smallest absolute Gasteiger partial charge is 0.225 e. The van der Waals surface area contributed by atoms with Gasteiger partial charge in [-0.2, -0.15) is 0 Å². The minimum atomic E-state index is 0.0797. The maximum atomic E-state index is 12.4. The molecule has 120 valence electrons. The van der Waals surface area contributed by atoms with Crippen LogP contribution in [0.3, 0.4) is 0 Å². The van der Waals surface area contributed by atoms with E-state index >= 15 is 0 Å². The predicted molar refractivity (Wildman–Crippen MR) is 80.6 cm³/mol. The van der Waals surface area contributed by atoms with Crippen molar-refractivity contribution in [1.29, 1.82) is 0 Å². The molecule has 1 saturated heterocycles. The first-order chi connectivity index (χ1) is 10.1. The van der Waals surface area contributed by atoms with Gasteiger partial charge in [0, 0.05) is 45.1 Å². The van der Waals surface area contributed by atoms with Crippen molar-refractivity contribution in [3.05, 3.63) is 0 Å². The lowest BCUT2D eigenvalue weighted by molar-refractivity contribution is -0.140. The summed E-state index contributed by atoms with van der Waals surface area (Å²) in [7, 11) is 1.86. The van der Waals surface area contributed by atoms with Gasteiger partial charge in [-0.25, -0.2) is 0 Å². The Bertz CT molecular complexity index is 361. The molecule has 2 rings (SSSR count). The van der Waals surface area contributed by atoms with E-state index in [1.54, 1.807) is 0 Å². The topological polar surface area (TPSA) is 60.9 Å². The number of hydrogen-bond acceptors (Lipinski definition) is 3. The molecule has 1 saturated carbocycles. The number of piperidine rings is 1. The minimum Gasteiger partial charge on any atom is -0.396 e. The molecule has 0 unspecified atom stereocenters. The maximum absolute atomic E-state index is 12.4. The average Bonchev–Trinajstić information content (AvgIpc) is 3.35. The van der Waals surface area contributed by atoms with Crippen molar-refractivity contribution in [2.45, 2.75) is 44.9 Å². The third-order valence-corrected chi connectivity index (χ3v) is 4.61. The molecule has 5 nitrogen and oxygen atoms in total. The highest BCUT2D eigenvalue weighted by molar-refractivity contribution is 5.82. The van der Waals surface area contributed by atoms with Gasteiger partial charge in [-0.3, -0.25) is 9.59 Å². The van der Waals surface area contributed by atoms with E-state index in [4.69, 9.17) is 5.11 Å².